The zero-order chi connectivity index (χ0) is 16.4. The number of amides is 1. The number of fused-ring (bicyclic) bond motifs is 1. The van der Waals surface area contributed by atoms with Crippen LogP contribution in [0.5, 0.6) is 5.75 Å². The molecule has 2 aliphatic heterocycles. The molecule has 0 bridgehead atoms. The van der Waals surface area contributed by atoms with Gasteiger partial charge in [-0.1, -0.05) is 48.5 Å². The van der Waals surface area contributed by atoms with E-state index in [2.05, 4.69) is 22.3 Å². The van der Waals surface area contributed by atoms with Gasteiger partial charge in [0.1, 0.15) is 12.4 Å². The van der Waals surface area contributed by atoms with Crippen LogP contribution >= 0.6 is 0 Å². The molecule has 2 aliphatic rings. The second-order valence-corrected chi connectivity index (χ2v) is 6.52. The van der Waals surface area contributed by atoms with E-state index in [1.165, 1.54) is 5.56 Å². The third kappa shape index (κ3) is 3.02. The summed E-state index contributed by atoms with van der Waals surface area (Å²) in [7, 11) is 0. The number of carbonyl (C=O) groups excluding carboxylic acids is 1. The minimum Gasteiger partial charge on any atom is -0.491 e. The molecule has 124 valence electrons. The topological polar surface area (TPSA) is 41.6 Å². The molecule has 0 aromatic heterocycles. The maximum Gasteiger partial charge on any atom is 0.237 e. The van der Waals surface area contributed by atoms with Gasteiger partial charge in [0.25, 0.3) is 0 Å². The molecule has 0 radical (unpaired) electrons. The summed E-state index contributed by atoms with van der Waals surface area (Å²) in [6.45, 7) is 2.33. The highest BCUT2D eigenvalue weighted by Crippen LogP contribution is 2.32. The lowest BCUT2D eigenvalue weighted by Crippen LogP contribution is -2.44. The van der Waals surface area contributed by atoms with E-state index in [-0.39, 0.29) is 18.0 Å². The maximum atomic E-state index is 12.8. The molecule has 4 heteroatoms. The molecular formula is C20H22N2O2. The van der Waals surface area contributed by atoms with Gasteiger partial charge in [-0.15, -0.1) is 0 Å². The average Bonchev–Trinajstić information content (AvgIpc) is 3.23. The fraction of sp³-hybridized carbons (Fsp3) is 0.350. The first-order valence-electron chi connectivity index (χ1n) is 8.61. The number of hydrogen-bond acceptors (Lipinski definition) is 3. The molecule has 4 nitrogen and oxygen atoms in total. The van der Waals surface area contributed by atoms with Crippen molar-refractivity contribution < 1.29 is 9.53 Å². The number of likely N-dealkylation sites (tertiary alicyclic amines) is 1. The number of nitrogens with zero attached hydrogens (tertiary/aromatic N) is 1. The van der Waals surface area contributed by atoms with E-state index in [9.17, 15) is 4.79 Å². The van der Waals surface area contributed by atoms with Crippen molar-refractivity contribution in [2.75, 3.05) is 13.2 Å². The lowest BCUT2D eigenvalue weighted by atomic mass is 10.1. The Bertz CT molecular complexity index is 717. The Balaban J connectivity index is 1.42. The summed E-state index contributed by atoms with van der Waals surface area (Å²) in [5, 5.41) is 3.19. The van der Waals surface area contributed by atoms with Crippen LogP contribution < -0.4 is 10.1 Å². The van der Waals surface area contributed by atoms with Crippen molar-refractivity contribution in [3.05, 3.63) is 65.7 Å². The zero-order valence-electron chi connectivity index (χ0n) is 13.7. The molecule has 1 N–H and O–H groups in total. The fourth-order valence-corrected chi connectivity index (χ4v) is 3.68. The first-order valence-corrected chi connectivity index (χ1v) is 8.61. The third-order valence-corrected chi connectivity index (χ3v) is 4.91. The lowest BCUT2D eigenvalue weighted by molar-refractivity contribution is -0.126. The number of rotatable bonds is 4. The van der Waals surface area contributed by atoms with Gasteiger partial charge in [-0.05, 0) is 31.0 Å². The van der Waals surface area contributed by atoms with Gasteiger partial charge in [0.15, 0.2) is 0 Å². The number of benzene rings is 2. The first kappa shape index (κ1) is 15.2. The second-order valence-electron chi connectivity index (χ2n) is 6.52. The van der Waals surface area contributed by atoms with Gasteiger partial charge in [-0.2, -0.15) is 0 Å². The van der Waals surface area contributed by atoms with Gasteiger partial charge < -0.3 is 10.1 Å². The molecule has 2 atom stereocenters. The molecular weight excluding hydrogens is 300 g/mol. The molecule has 0 spiro atoms. The quantitative estimate of drug-likeness (QED) is 0.941. The highest BCUT2D eigenvalue weighted by Gasteiger charge is 2.33. The predicted molar refractivity (Wildman–Crippen MR) is 92.7 cm³/mol. The number of hydrogen-bond donors (Lipinski definition) is 1. The van der Waals surface area contributed by atoms with Gasteiger partial charge in [0.05, 0.1) is 12.1 Å². The van der Waals surface area contributed by atoms with E-state index in [1.807, 2.05) is 42.5 Å². The summed E-state index contributed by atoms with van der Waals surface area (Å²) >= 11 is 0. The Labute approximate surface area is 142 Å². The summed E-state index contributed by atoms with van der Waals surface area (Å²) in [4.78, 5) is 15.1. The summed E-state index contributed by atoms with van der Waals surface area (Å²) in [5.74, 6) is 1.00. The van der Waals surface area contributed by atoms with Crippen LogP contribution in [0.2, 0.25) is 0 Å². The van der Waals surface area contributed by atoms with Crippen molar-refractivity contribution in [1.29, 1.82) is 0 Å². The average molecular weight is 322 g/mol. The molecule has 2 heterocycles. The van der Waals surface area contributed by atoms with Crippen LogP contribution in [0.25, 0.3) is 0 Å². The van der Waals surface area contributed by atoms with E-state index in [1.54, 1.807) is 0 Å². The summed E-state index contributed by atoms with van der Waals surface area (Å²) in [6, 6.07) is 18.2. The van der Waals surface area contributed by atoms with E-state index in [0.29, 0.717) is 6.61 Å². The molecule has 1 amide bonds. The van der Waals surface area contributed by atoms with Crippen LogP contribution in [0.3, 0.4) is 0 Å². The van der Waals surface area contributed by atoms with Crippen LogP contribution in [0.1, 0.15) is 30.0 Å². The largest absolute Gasteiger partial charge is 0.491 e. The third-order valence-electron chi connectivity index (χ3n) is 4.91. The number of carbonyl (C=O) groups is 1. The summed E-state index contributed by atoms with van der Waals surface area (Å²) in [5.41, 5.74) is 2.34. The fourth-order valence-electron chi connectivity index (χ4n) is 3.68. The molecule has 4 rings (SSSR count). The maximum absolute atomic E-state index is 12.8. The summed E-state index contributed by atoms with van der Waals surface area (Å²) < 4.78 is 5.67. The Morgan fingerprint density at radius 3 is 2.79 bits per heavy atom. The van der Waals surface area contributed by atoms with Crippen molar-refractivity contribution in [1.82, 2.24) is 10.2 Å². The minimum atomic E-state index is -0.0435. The zero-order valence-corrected chi connectivity index (χ0v) is 13.7. The van der Waals surface area contributed by atoms with Gasteiger partial charge >= 0.3 is 0 Å². The Morgan fingerprint density at radius 1 is 1.12 bits per heavy atom. The number of para-hydroxylation sites is 1. The lowest BCUT2D eigenvalue weighted by Gasteiger charge is -2.25. The normalized spacial score (nSPS) is 22.8. The molecule has 0 saturated carbocycles. The van der Waals surface area contributed by atoms with Gasteiger partial charge in [-0.3, -0.25) is 9.69 Å². The van der Waals surface area contributed by atoms with Crippen LogP contribution in [0, 0.1) is 0 Å². The van der Waals surface area contributed by atoms with E-state index >= 15 is 0 Å². The number of nitrogens with one attached hydrogen (secondary N) is 1. The predicted octanol–water partition coefficient (Wildman–Crippen LogP) is 2.90. The van der Waals surface area contributed by atoms with Crippen LogP contribution in [-0.2, 0) is 11.3 Å². The van der Waals surface area contributed by atoms with E-state index in [0.717, 1.165) is 37.2 Å². The standard InChI is InChI=1S/C20H22N2O2/c23-20(21-17-14-24-19-11-5-4-9-16(17)19)18-10-6-12-22(18)13-15-7-2-1-3-8-15/h1-5,7-9,11,17-18H,6,10,12-14H2,(H,21,23)/t17-,18+/m0/s1. The SMILES string of the molecule is O=C(N[C@H]1COc2ccccc21)[C@H]1CCCN1Cc1ccccc1. The highest BCUT2D eigenvalue weighted by molar-refractivity contribution is 5.82. The molecule has 2 aromatic carbocycles. The van der Waals surface area contributed by atoms with Crippen molar-refractivity contribution in [2.45, 2.75) is 31.5 Å². The summed E-state index contributed by atoms with van der Waals surface area (Å²) in [6.07, 6.45) is 2.00. The smallest absolute Gasteiger partial charge is 0.237 e. The van der Waals surface area contributed by atoms with Gasteiger partial charge in [0, 0.05) is 12.1 Å². The monoisotopic (exact) mass is 322 g/mol. The second kappa shape index (κ2) is 6.65. The van der Waals surface area contributed by atoms with Crippen LogP contribution in [-0.4, -0.2) is 30.0 Å². The van der Waals surface area contributed by atoms with Gasteiger partial charge in [-0.25, -0.2) is 0 Å². The van der Waals surface area contributed by atoms with E-state index < -0.39 is 0 Å². The molecule has 1 saturated heterocycles. The van der Waals surface area contributed by atoms with Crippen molar-refractivity contribution in [3.8, 4) is 5.75 Å². The Hall–Kier alpha value is -2.33. The highest BCUT2D eigenvalue weighted by atomic mass is 16.5. The van der Waals surface area contributed by atoms with Gasteiger partial charge in [0.2, 0.25) is 5.91 Å². The Kier molecular flexibility index (Phi) is 4.22. The molecule has 24 heavy (non-hydrogen) atoms. The number of ether oxygens (including phenoxy) is 1. The van der Waals surface area contributed by atoms with Crippen molar-refractivity contribution >= 4 is 5.91 Å². The molecule has 2 aromatic rings. The van der Waals surface area contributed by atoms with Crippen molar-refractivity contribution in [2.24, 2.45) is 0 Å². The van der Waals surface area contributed by atoms with E-state index in [4.69, 9.17) is 4.74 Å². The molecule has 0 aliphatic carbocycles. The van der Waals surface area contributed by atoms with Crippen molar-refractivity contribution in [3.63, 3.8) is 0 Å². The Morgan fingerprint density at radius 2 is 1.92 bits per heavy atom. The molecule has 1 fully saturated rings. The van der Waals surface area contributed by atoms with Crippen LogP contribution in [0.15, 0.2) is 54.6 Å². The van der Waals surface area contributed by atoms with Crippen LogP contribution in [0.4, 0.5) is 0 Å². The minimum absolute atomic E-state index is 0.0344. The first-order chi connectivity index (χ1) is 11.8. The molecule has 0 unspecified atom stereocenters.